The number of nitrogens with one attached hydrogen (secondary N) is 1. The van der Waals surface area contributed by atoms with Gasteiger partial charge in [0.1, 0.15) is 4.75 Å². The number of aromatic amines is 1. The van der Waals surface area contributed by atoms with Crippen molar-refractivity contribution in [1.29, 1.82) is 0 Å². The van der Waals surface area contributed by atoms with Gasteiger partial charge in [-0.05, 0) is 67.4 Å². The average Bonchev–Trinajstić information content (AvgIpc) is 3.54. The summed E-state index contributed by atoms with van der Waals surface area (Å²) in [6.07, 6.45) is 4.28. The molecule has 0 unspecified atom stereocenters. The number of thioether (sulfide) groups is 1. The second kappa shape index (κ2) is 13.6. The lowest BCUT2D eigenvalue weighted by molar-refractivity contribution is -0.129. The first-order valence-electron chi connectivity index (χ1n) is 14.8. The van der Waals surface area contributed by atoms with E-state index in [1.807, 2.05) is 77.8 Å². The number of ketones is 1. The van der Waals surface area contributed by atoms with Crippen LogP contribution in [0, 0.1) is 0 Å². The molecule has 2 aliphatic rings. The summed E-state index contributed by atoms with van der Waals surface area (Å²) < 4.78 is 5.45. The number of aromatic nitrogens is 1. The number of amides is 1. The van der Waals surface area contributed by atoms with Crippen molar-refractivity contribution in [3.05, 3.63) is 99.6 Å². The molecule has 224 valence electrons. The fraction of sp³-hybridized carbons (Fsp3) is 0.353. The molecule has 1 amide bonds. The van der Waals surface area contributed by atoms with E-state index in [1.54, 1.807) is 11.8 Å². The highest BCUT2D eigenvalue weighted by Crippen LogP contribution is 2.55. The third kappa shape index (κ3) is 6.74. The Labute approximate surface area is 270 Å². The van der Waals surface area contributed by atoms with Gasteiger partial charge in [-0.3, -0.25) is 14.5 Å². The molecule has 9 heteroatoms. The van der Waals surface area contributed by atoms with Crippen LogP contribution in [0.15, 0.2) is 88.4 Å². The highest BCUT2D eigenvalue weighted by Gasteiger charge is 2.57. The van der Waals surface area contributed by atoms with Gasteiger partial charge in [-0.15, -0.1) is 11.8 Å². The van der Waals surface area contributed by atoms with E-state index in [0.717, 1.165) is 77.1 Å². The first-order chi connectivity index (χ1) is 20.9. The van der Waals surface area contributed by atoms with Crippen molar-refractivity contribution in [3.8, 4) is 0 Å². The molecule has 3 aromatic carbocycles. The molecule has 0 aliphatic carbocycles. The maximum Gasteiger partial charge on any atom is 0.225 e. The summed E-state index contributed by atoms with van der Waals surface area (Å²) in [5.41, 5.74) is 2.91. The van der Waals surface area contributed by atoms with Crippen molar-refractivity contribution in [2.75, 3.05) is 32.8 Å². The lowest BCUT2D eigenvalue weighted by Gasteiger charge is -2.36. The number of morpholine rings is 1. The number of nitrogens with zero attached hydrogens (tertiary/aromatic N) is 2. The van der Waals surface area contributed by atoms with Gasteiger partial charge in [0.15, 0.2) is 5.78 Å². The predicted octanol–water partition coefficient (Wildman–Crippen LogP) is 7.66. The number of halogens is 2. The average molecular weight is 681 g/mol. The van der Waals surface area contributed by atoms with Gasteiger partial charge in [-0.2, -0.15) is 0 Å². The maximum absolute atomic E-state index is 14.6. The fourth-order valence-corrected chi connectivity index (χ4v) is 8.28. The maximum atomic E-state index is 14.6. The van der Waals surface area contributed by atoms with Gasteiger partial charge in [0.05, 0.1) is 25.7 Å². The molecule has 43 heavy (non-hydrogen) atoms. The van der Waals surface area contributed by atoms with Gasteiger partial charge in [0, 0.05) is 63.1 Å². The van der Waals surface area contributed by atoms with E-state index in [0.29, 0.717) is 18.0 Å². The zero-order chi connectivity index (χ0) is 29.8. The molecule has 2 aliphatic heterocycles. The van der Waals surface area contributed by atoms with Crippen LogP contribution in [0.3, 0.4) is 0 Å². The number of hydrogen-bond acceptors (Lipinski definition) is 5. The molecule has 6 nitrogen and oxygen atoms in total. The molecule has 0 spiro atoms. The Kier molecular flexibility index (Phi) is 9.60. The van der Waals surface area contributed by atoms with Gasteiger partial charge >= 0.3 is 0 Å². The third-order valence-corrected chi connectivity index (χ3v) is 10.7. The number of H-pyrrole nitrogens is 1. The van der Waals surface area contributed by atoms with Crippen LogP contribution in [0.25, 0.3) is 10.9 Å². The normalized spacial score (nSPS) is 21.1. The molecule has 0 saturated carbocycles. The van der Waals surface area contributed by atoms with Crippen molar-refractivity contribution in [3.63, 3.8) is 0 Å². The largest absolute Gasteiger partial charge is 0.379 e. The molecule has 3 heterocycles. The Balaban J connectivity index is 1.38. The number of carbonyl (C=O) groups excluding carboxylic acids is 2. The van der Waals surface area contributed by atoms with E-state index in [9.17, 15) is 9.59 Å². The summed E-state index contributed by atoms with van der Waals surface area (Å²) in [7, 11) is 0. The van der Waals surface area contributed by atoms with Crippen LogP contribution in [0.2, 0.25) is 5.02 Å². The number of rotatable bonds is 11. The van der Waals surface area contributed by atoms with Crippen molar-refractivity contribution in [2.24, 2.45) is 0 Å². The van der Waals surface area contributed by atoms with E-state index in [2.05, 4.69) is 31.9 Å². The summed E-state index contributed by atoms with van der Waals surface area (Å²) in [6, 6.07) is 23.3. The van der Waals surface area contributed by atoms with Gasteiger partial charge in [0.2, 0.25) is 5.91 Å². The molecule has 2 atom stereocenters. The standard InChI is InChI=1S/C34H35BrClN3O3S/c35-25-11-14-30-28(20-25)29(22-37-30)33-34(43-27-6-2-1-3-7-27,31(40)8-4-5-15-38-16-18-42-19-17-38)21-32(41)39(33)23-24-9-12-26(36)13-10-24/h1-3,6-7,9-14,20,22,33,37H,4-5,8,15-19,21,23H2/t33-,34-/m0/s1. The molecule has 4 aromatic rings. The SMILES string of the molecule is O=C1C[C@](Sc2ccccc2)(C(=O)CCCCN2CCOCC2)[C@H](c2c[nH]c3ccc(Br)cc23)N1Cc1ccc(Cl)cc1. The zero-order valence-electron chi connectivity index (χ0n) is 23.9. The van der Waals surface area contributed by atoms with Crippen LogP contribution in [0.5, 0.6) is 0 Å². The van der Waals surface area contributed by atoms with E-state index in [4.69, 9.17) is 16.3 Å². The number of unbranched alkanes of at least 4 members (excludes halogenated alkanes) is 1. The Morgan fingerprint density at radius 3 is 2.58 bits per heavy atom. The zero-order valence-corrected chi connectivity index (χ0v) is 27.1. The Morgan fingerprint density at radius 1 is 1.05 bits per heavy atom. The van der Waals surface area contributed by atoms with E-state index in [1.165, 1.54) is 0 Å². The molecular weight excluding hydrogens is 646 g/mol. The van der Waals surface area contributed by atoms with Crippen LogP contribution >= 0.6 is 39.3 Å². The summed E-state index contributed by atoms with van der Waals surface area (Å²) in [4.78, 5) is 37.5. The summed E-state index contributed by atoms with van der Waals surface area (Å²) in [6.45, 7) is 4.76. The summed E-state index contributed by atoms with van der Waals surface area (Å²) in [5, 5.41) is 1.66. The van der Waals surface area contributed by atoms with Crippen molar-refractivity contribution < 1.29 is 14.3 Å². The van der Waals surface area contributed by atoms with Gasteiger partial charge in [-0.25, -0.2) is 0 Å². The van der Waals surface area contributed by atoms with Gasteiger partial charge in [0.25, 0.3) is 0 Å². The quantitative estimate of drug-likeness (QED) is 0.165. The van der Waals surface area contributed by atoms with E-state index in [-0.39, 0.29) is 18.1 Å². The lowest BCUT2D eigenvalue weighted by atomic mass is 9.86. The van der Waals surface area contributed by atoms with Gasteiger partial charge in [-0.1, -0.05) is 57.9 Å². The number of carbonyl (C=O) groups is 2. The Bertz CT molecular complexity index is 1580. The second-order valence-corrected chi connectivity index (χ2v) is 14.1. The molecule has 2 fully saturated rings. The smallest absolute Gasteiger partial charge is 0.225 e. The van der Waals surface area contributed by atoms with E-state index < -0.39 is 10.8 Å². The first-order valence-corrected chi connectivity index (χ1v) is 16.8. The minimum Gasteiger partial charge on any atom is -0.379 e. The number of Topliss-reactive ketones (excluding diaryl/α,β-unsaturated/α-hetero) is 1. The highest BCUT2D eigenvalue weighted by atomic mass is 79.9. The lowest BCUT2D eigenvalue weighted by Crippen LogP contribution is -2.42. The minimum atomic E-state index is -0.985. The van der Waals surface area contributed by atoms with Crippen molar-refractivity contribution in [1.82, 2.24) is 14.8 Å². The molecule has 1 aromatic heterocycles. The van der Waals surface area contributed by atoms with Crippen LogP contribution < -0.4 is 0 Å². The molecular formula is C34H35BrClN3O3S. The minimum absolute atomic E-state index is 0.0191. The highest BCUT2D eigenvalue weighted by molar-refractivity contribution is 9.10. The molecule has 2 saturated heterocycles. The number of hydrogen-bond donors (Lipinski definition) is 1. The Hall–Kier alpha value is -2.62. The number of likely N-dealkylation sites (tertiary alicyclic amines) is 1. The number of benzene rings is 3. The summed E-state index contributed by atoms with van der Waals surface area (Å²) in [5.74, 6) is 0.110. The fourth-order valence-electron chi connectivity index (χ4n) is 6.30. The molecule has 0 radical (unpaired) electrons. The topological polar surface area (TPSA) is 65.6 Å². The number of ether oxygens (including phenoxy) is 1. The monoisotopic (exact) mass is 679 g/mol. The second-order valence-electron chi connectivity index (χ2n) is 11.3. The summed E-state index contributed by atoms with van der Waals surface area (Å²) >= 11 is 11.4. The van der Waals surface area contributed by atoms with Crippen molar-refractivity contribution >= 4 is 61.9 Å². The van der Waals surface area contributed by atoms with Crippen LogP contribution in [0.4, 0.5) is 0 Å². The first kappa shape index (κ1) is 30.4. The molecule has 0 bridgehead atoms. The van der Waals surface area contributed by atoms with E-state index >= 15 is 0 Å². The Morgan fingerprint density at radius 2 is 1.81 bits per heavy atom. The molecule has 6 rings (SSSR count). The van der Waals surface area contributed by atoms with Crippen molar-refractivity contribution in [2.45, 2.75) is 47.9 Å². The predicted molar refractivity (Wildman–Crippen MR) is 177 cm³/mol. The van der Waals surface area contributed by atoms with Crippen LogP contribution in [-0.2, 0) is 20.9 Å². The third-order valence-electron chi connectivity index (χ3n) is 8.47. The van der Waals surface area contributed by atoms with Gasteiger partial charge < -0.3 is 14.6 Å². The van der Waals surface area contributed by atoms with Crippen LogP contribution in [-0.4, -0.2) is 64.1 Å². The van der Waals surface area contributed by atoms with Crippen LogP contribution in [0.1, 0.15) is 42.9 Å². The molecule has 1 N–H and O–H groups in total. The number of fused-ring (bicyclic) bond motifs is 1.